The molecule has 1 atom stereocenters. The lowest BCUT2D eigenvalue weighted by Crippen LogP contribution is -2.36. The molecule has 0 bridgehead atoms. The monoisotopic (exact) mass is 462 g/mol. The number of aromatic nitrogens is 1. The van der Waals surface area contributed by atoms with Crippen molar-refractivity contribution in [2.24, 2.45) is 17.8 Å². The highest BCUT2D eigenvalue weighted by atomic mass is 16.5. The Bertz CT molecular complexity index is 927. The number of pyridine rings is 1. The van der Waals surface area contributed by atoms with E-state index in [1.165, 1.54) is 68.2 Å². The Morgan fingerprint density at radius 3 is 2.50 bits per heavy atom. The summed E-state index contributed by atoms with van der Waals surface area (Å²) in [6, 6.07) is 10.4. The Hall–Kier alpha value is -2.23. The molecule has 0 radical (unpaired) electrons. The third-order valence-electron chi connectivity index (χ3n) is 8.54. The van der Waals surface area contributed by atoms with E-state index >= 15 is 0 Å². The molecule has 0 amide bonds. The maximum absolute atomic E-state index is 10.2. The van der Waals surface area contributed by atoms with E-state index in [2.05, 4.69) is 35.0 Å². The Balaban J connectivity index is 1.15. The van der Waals surface area contributed by atoms with Gasteiger partial charge in [0.1, 0.15) is 5.75 Å². The number of benzene rings is 1. The van der Waals surface area contributed by atoms with Crippen LogP contribution in [0.4, 0.5) is 5.69 Å². The summed E-state index contributed by atoms with van der Waals surface area (Å²) in [6.45, 7) is 5.11. The van der Waals surface area contributed by atoms with Crippen LogP contribution >= 0.6 is 0 Å². The molecule has 0 spiro atoms. The third-order valence-corrected chi connectivity index (χ3v) is 8.54. The predicted octanol–water partition coefficient (Wildman–Crippen LogP) is 7.11. The van der Waals surface area contributed by atoms with Gasteiger partial charge in [0, 0.05) is 37.1 Å². The first-order valence-electron chi connectivity index (χ1n) is 13.8. The number of ether oxygens (including phenoxy) is 1. The Morgan fingerprint density at radius 2 is 1.76 bits per heavy atom. The zero-order valence-corrected chi connectivity index (χ0v) is 20.9. The van der Waals surface area contributed by atoms with E-state index in [1.807, 2.05) is 18.3 Å². The van der Waals surface area contributed by atoms with E-state index in [1.54, 1.807) is 0 Å². The van der Waals surface area contributed by atoms with Gasteiger partial charge < -0.3 is 14.7 Å². The highest BCUT2D eigenvalue weighted by Crippen LogP contribution is 2.44. The average molecular weight is 463 g/mol. The van der Waals surface area contributed by atoms with E-state index < -0.39 is 0 Å². The van der Waals surface area contributed by atoms with Gasteiger partial charge in [-0.1, -0.05) is 45.1 Å². The van der Waals surface area contributed by atoms with Gasteiger partial charge in [0.25, 0.3) is 0 Å². The first-order chi connectivity index (χ1) is 16.7. The topological polar surface area (TPSA) is 45.6 Å². The lowest BCUT2D eigenvalue weighted by Gasteiger charge is -2.35. The van der Waals surface area contributed by atoms with E-state index in [9.17, 15) is 5.11 Å². The molecule has 5 rings (SSSR count). The van der Waals surface area contributed by atoms with Crippen LogP contribution in [0, 0.1) is 17.8 Å². The molecule has 3 fully saturated rings. The number of anilines is 1. The number of phenols is 1. The summed E-state index contributed by atoms with van der Waals surface area (Å²) in [5, 5.41) is 10.2. The molecule has 2 saturated carbocycles. The molecule has 34 heavy (non-hydrogen) atoms. The molecular formula is C30H42N2O2. The van der Waals surface area contributed by atoms with Gasteiger partial charge in [-0.05, 0) is 85.5 Å². The molecule has 184 valence electrons. The Labute approximate surface area is 205 Å². The SMILES string of the molecule is CCC(c1ccnc(OCC2CCN(c3cc(O)ccc3CC3CCCCC3)CC2)c1)C1CC1. The Morgan fingerprint density at radius 1 is 0.971 bits per heavy atom. The van der Waals surface area contributed by atoms with Crippen LogP contribution in [-0.4, -0.2) is 29.8 Å². The van der Waals surface area contributed by atoms with E-state index in [4.69, 9.17) is 4.74 Å². The van der Waals surface area contributed by atoms with Crippen LogP contribution in [0.25, 0.3) is 0 Å². The first kappa shape index (κ1) is 23.5. The number of phenolic OH excluding ortho intramolecular Hbond substituents is 1. The number of hydrogen-bond acceptors (Lipinski definition) is 4. The molecule has 1 aromatic heterocycles. The second-order valence-electron chi connectivity index (χ2n) is 11.0. The summed E-state index contributed by atoms with van der Waals surface area (Å²) < 4.78 is 6.20. The number of hydrogen-bond donors (Lipinski definition) is 1. The number of rotatable bonds is 9. The van der Waals surface area contributed by atoms with Gasteiger partial charge in [0.05, 0.1) is 6.61 Å². The minimum absolute atomic E-state index is 0.385. The smallest absolute Gasteiger partial charge is 0.213 e. The molecule has 4 nitrogen and oxygen atoms in total. The lowest BCUT2D eigenvalue weighted by atomic mass is 9.84. The number of nitrogens with zero attached hydrogens (tertiary/aromatic N) is 2. The van der Waals surface area contributed by atoms with Gasteiger partial charge in [-0.15, -0.1) is 0 Å². The molecule has 2 aromatic rings. The minimum Gasteiger partial charge on any atom is -0.508 e. The van der Waals surface area contributed by atoms with Gasteiger partial charge in [0.2, 0.25) is 5.88 Å². The molecule has 3 aliphatic rings. The van der Waals surface area contributed by atoms with Gasteiger partial charge in [-0.2, -0.15) is 0 Å². The lowest BCUT2D eigenvalue weighted by molar-refractivity contribution is 0.215. The molecule has 1 aromatic carbocycles. The highest BCUT2D eigenvalue weighted by molar-refractivity contribution is 5.57. The fourth-order valence-electron chi connectivity index (χ4n) is 6.34. The summed E-state index contributed by atoms with van der Waals surface area (Å²) in [5.74, 6) is 4.07. The second-order valence-corrected chi connectivity index (χ2v) is 11.0. The summed E-state index contributed by atoms with van der Waals surface area (Å²) in [7, 11) is 0. The molecule has 2 aliphatic carbocycles. The molecule has 1 unspecified atom stereocenters. The zero-order chi connectivity index (χ0) is 23.3. The number of aromatic hydroxyl groups is 1. The molecule has 4 heteroatoms. The Kier molecular flexibility index (Phi) is 7.61. The van der Waals surface area contributed by atoms with Crippen molar-refractivity contribution in [3.8, 4) is 11.6 Å². The van der Waals surface area contributed by atoms with Crippen LogP contribution in [0.3, 0.4) is 0 Å². The van der Waals surface area contributed by atoms with Gasteiger partial charge >= 0.3 is 0 Å². The highest BCUT2D eigenvalue weighted by Gasteiger charge is 2.31. The minimum atomic E-state index is 0.385. The largest absolute Gasteiger partial charge is 0.508 e. The maximum Gasteiger partial charge on any atom is 0.213 e. The first-order valence-corrected chi connectivity index (χ1v) is 13.8. The fraction of sp³-hybridized carbons (Fsp3) is 0.633. The van der Waals surface area contributed by atoms with Crippen molar-refractivity contribution in [3.05, 3.63) is 47.7 Å². The van der Waals surface area contributed by atoms with Crippen LogP contribution in [0.5, 0.6) is 11.6 Å². The number of piperidine rings is 1. The standard InChI is InChI=1S/C30H42N2O2/c1-2-28(24-8-9-24)25-12-15-31-30(19-25)34-21-23-13-16-32(17-14-23)29-20-27(33)11-10-26(29)18-22-6-4-3-5-7-22/h10-12,15,19-20,22-24,28,33H,2-9,13-14,16-18,21H2,1H3. The quantitative estimate of drug-likeness (QED) is 0.431. The van der Waals surface area contributed by atoms with Crippen molar-refractivity contribution < 1.29 is 9.84 Å². The second kappa shape index (κ2) is 11.0. The summed E-state index contributed by atoms with van der Waals surface area (Å²) in [4.78, 5) is 6.99. The molecule has 2 heterocycles. The summed E-state index contributed by atoms with van der Waals surface area (Å²) in [5.41, 5.74) is 4.07. The van der Waals surface area contributed by atoms with Crippen LogP contribution in [0.1, 0.15) is 88.2 Å². The molecule has 1 aliphatic heterocycles. The molecule has 1 saturated heterocycles. The van der Waals surface area contributed by atoms with Crippen molar-refractivity contribution >= 4 is 5.69 Å². The fourth-order valence-corrected chi connectivity index (χ4v) is 6.34. The normalized spacial score (nSPS) is 20.9. The van der Waals surface area contributed by atoms with Crippen LogP contribution < -0.4 is 9.64 Å². The summed E-state index contributed by atoms with van der Waals surface area (Å²) in [6.07, 6.45) is 16.1. The maximum atomic E-state index is 10.2. The van der Waals surface area contributed by atoms with Crippen molar-refractivity contribution in [2.45, 2.75) is 83.5 Å². The van der Waals surface area contributed by atoms with Crippen LogP contribution in [0.2, 0.25) is 0 Å². The van der Waals surface area contributed by atoms with Gasteiger partial charge in [-0.25, -0.2) is 4.98 Å². The van der Waals surface area contributed by atoms with Gasteiger partial charge in [0.15, 0.2) is 0 Å². The van der Waals surface area contributed by atoms with Gasteiger partial charge in [-0.3, -0.25) is 0 Å². The third kappa shape index (κ3) is 5.87. The van der Waals surface area contributed by atoms with E-state index in [0.29, 0.717) is 17.6 Å². The van der Waals surface area contributed by atoms with Crippen molar-refractivity contribution in [3.63, 3.8) is 0 Å². The van der Waals surface area contributed by atoms with Crippen molar-refractivity contribution in [1.82, 2.24) is 4.98 Å². The zero-order valence-electron chi connectivity index (χ0n) is 20.9. The molecule has 1 N–H and O–H groups in total. The van der Waals surface area contributed by atoms with Crippen LogP contribution in [0.15, 0.2) is 36.5 Å². The van der Waals surface area contributed by atoms with Crippen molar-refractivity contribution in [2.75, 3.05) is 24.6 Å². The average Bonchev–Trinajstić information content (AvgIpc) is 3.71. The summed E-state index contributed by atoms with van der Waals surface area (Å²) >= 11 is 0. The van der Waals surface area contributed by atoms with E-state index in [-0.39, 0.29) is 0 Å². The van der Waals surface area contributed by atoms with Crippen LogP contribution in [-0.2, 0) is 6.42 Å². The van der Waals surface area contributed by atoms with E-state index in [0.717, 1.165) is 56.7 Å². The van der Waals surface area contributed by atoms with Crippen molar-refractivity contribution in [1.29, 1.82) is 0 Å². The molecular weight excluding hydrogens is 420 g/mol. The predicted molar refractivity (Wildman–Crippen MR) is 139 cm³/mol.